The summed E-state index contributed by atoms with van der Waals surface area (Å²) in [6, 6.07) is 0. The van der Waals surface area contributed by atoms with Gasteiger partial charge in [-0.3, -0.25) is 4.79 Å². The van der Waals surface area contributed by atoms with Gasteiger partial charge in [0.1, 0.15) is 5.78 Å². The van der Waals surface area contributed by atoms with E-state index in [1.54, 1.807) is 0 Å². The van der Waals surface area contributed by atoms with E-state index in [0.29, 0.717) is 11.7 Å². The highest BCUT2D eigenvalue weighted by molar-refractivity contribution is 5.84. The molecule has 44 valence electrons. The fourth-order valence-electron chi connectivity index (χ4n) is 2.00. The second-order valence-corrected chi connectivity index (χ2v) is 3.05. The molecule has 0 spiro atoms. The summed E-state index contributed by atoms with van der Waals surface area (Å²) >= 11 is 0. The molecule has 1 heteroatoms. The first-order chi connectivity index (χ1) is 3.86. The first-order valence-electron chi connectivity index (χ1n) is 3.39. The average molecular weight is 110 g/mol. The van der Waals surface area contributed by atoms with Gasteiger partial charge in [-0.1, -0.05) is 0 Å². The van der Waals surface area contributed by atoms with E-state index in [1.165, 1.54) is 19.3 Å². The molecule has 0 unspecified atom stereocenters. The zero-order valence-corrected chi connectivity index (χ0v) is 4.89. The van der Waals surface area contributed by atoms with E-state index in [9.17, 15) is 4.79 Å². The SMILES string of the molecule is O=C1C[C@@H]2CC[C@@H]1C2. The van der Waals surface area contributed by atoms with Crippen molar-refractivity contribution < 1.29 is 4.79 Å². The third kappa shape index (κ3) is 0.445. The molecule has 0 aromatic rings. The van der Waals surface area contributed by atoms with Gasteiger partial charge >= 0.3 is 0 Å². The minimum atomic E-state index is 0.500. The third-order valence-electron chi connectivity index (χ3n) is 2.49. The second-order valence-electron chi connectivity index (χ2n) is 3.05. The number of hydrogen-bond donors (Lipinski definition) is 0. The number of fused-ring (bicyclic) bond motifs is 2. The highest BCUT2D eigenvalue weighted by Crippen LogP contribution is 2.41. The minimum absolute atomic E-state index is 0.500. The highest BCUT2D eigenvalue weighted by Gasteiger charge is 2.37. The fraction of sp³-hybridized carbons (Fsp3) is 0.857. The molecule has 8 heavy (non-hydrogen) atoms. The number of rotatable bonds is 0. The molecule has 0 N–H and O–H groups in total. The van der Waals surface area contributed by atoms with Gasteiger partial charge in [0.25, 0.3) is 0 Å². The van der Waals surface area contributed by atoms with Gasteiger partial charge in [0.2, 0.25) is 0 Å². The second kappa shape index (κ2) is 1.34. The summed E-state index contributed by atoms with van der Waals surface area (Å²) in [5.41, 5.74) is 0. The molecular formula is C7H10O. The summed E-state index contributed by atoms with van der Waals surface area (Å²) in [6.07, 6.45) is 4.66. The maximum absolute atomic E-state index is 10.8. The van der Waals surface area contributed by atoms with Crippen molar-refractivity contribution >= 4 is 5.78 Å². The van der Waals surface area contributed by atoms with Crippen molar-refractivity contribution in [3.8, 4) is 0 Å². The molecule has 2 bridgehead atoms. The number of hydrogen-bond acceptors (Lipinski definition) is 1. The summed E-state index contributed by atoms with van der Waals surface area (Å²) in [4.78, 5) is 10.8. The number of ketones is 1. The van der Waals surface area contributed by atoms with Crippen LogP contribution in [0.2, 0.25) is 0 Å². The molecule has 2 fully saturated rings. The molecule has 1 nitrogen and oxygen atoms in total. The molecule has 0 aromatic carbocycles. The van der Waals surface area contributed by atoms with E-state index in [-0.39, 0.29) is 0 Å². The normalized spacial score (nSPS) is 43.8. The van der Waals surface area contributed by atoms with Gasteiger partial charge < -0.3 is 0 Å². The van der Waals surface area contributed by atoms with Crippen LogP contribution in [0.25, 0.3) is 0 Å². The van der Waals surface area contributed by atoms with E-state index in [4.69, 9.17) is 0 Å². The maximum Gasteiger partial charge on any atom is 0.136 e. The van der Waals surface area contributed by atoms with Crippen molar-refractivity contribution in [2.75, 3.05) is 0 Å². The Morgan fingerprint density at radius 3 is 2.50 bits per heavy atom. The van der Waals surface area contributed by atoms with Crippen molar-refractivity contribution in [1.82, 2.24) is 0 Å². The third-order valence-corrected chi connectivity index (χ3v) is 2.49. The Balaban J connectivity index is 2.22. The Morgan fingerprint density at radius 1 is 1.38 bits per heavy atom. The standard InChI is InChI=1S/C7H10O/c8-7-4-5-1-2-6(7)3-5/h5-6H,1-4H2/t5-,6-/m1/s1. The van der Waals surface area contributed by atoms with Gasteiger partial charge in [-0.25, -0.2) is 0 Å². The van der Waals surface area contributed by atoms with E-state index in [2.05, 4.69) is 0 Å². The van der Waals surface area contributed by atoms with Crippen LogP contribution in [-0.2, 0) is 4.79 Å². The zero-order valence-electron chi connectivity index (χ0n) is 4.89. The molecule has 0 aromatic heterocycles. The van der Waals surface area contributed by atoms with E-state index >= 15 is 0 Å². The van der Waals surface area contributed by atoms with Gasteiger partial charge in [0.05, 0.1) is 0 Å². The van der Waals surface area contributed by atoms with Crippen LogP contribution in [0.15, 0.2) is 0 Å². The monoisotopic (exact) mass is 110 g/mol. The van der Waals surface area contributed by atoms with Crippen molar-refractivity contribution in [3.63, 3.8) is 0 Å². The Hall–Kier alpha value is -0.330. The average Bonchev–Trinajstić information content (AvgIpc) is 2.23. The minimum Gasteiger partial charge on any atom is -0.299 e. The molecule has 2 rings (SSSR count). The topological polar surface area (TPSA) is 17.1 Å². The smallest absolute Gasteiger partial charge is 0.136 e. The van der Waals surface area contributed by atoms with Crippen LogP contribution in [0.4, 0.5) is 0 Å². The van der Waals surface area contributed by atoms with E-state index in [0.717, 1.165) is 12.3 Å². The van der Waals surface area contributed by atoms with Gasteiger partial charge in [0.15, 0.2) is 0 Å². The first-order valence-corrected chi connectivity index (χ1v) is 3.39. The molecule has 2 saturated carbocycles. The van der Waals surface area contributed by atoms with Crippen molar-refractivity contribution in [1.29, 1.82) is 0 Å². The van der Waals surface area contributed by atoms with Gasteiger partial charge in [-0.05, 0) is 25.2 Å². The Kier molecular flexibility index (Phi) is 0.758. The lowest BCUT2D eigenvalue weighted by Gasteiger charge is -2.04. The van der Waals surface area contributed by atoms with Crippen LogP contribution in [0.5, 0.6) is 0 Å². The number of carbonyl (C=O) groups is 1. The molecule has 0 amide bonds. The van der Waals surface area contributed by atoms with Gasteiger partial charge in [0, 0.05) is 12.3 Å². The summed E-state index contributed by atoms with van der Waals surface area (Å²) in [5, 5.41) is 0. The van der Waals surface area contributed by atoms with Gasteiger partial charge in [-0.2, -0.15) is 0 Å². The molecule has 2 atom stereocenters. The van der Waals surface area contributed by atoms with E-state index in [1.807, 2.05) is 0 Å². The number of Topliss-reactive ketones (excluding diaryl/α,β-unsaturated/α-hetero) is 1. The highest BCUT2D eigenvalue weighted by atomic mass is 16.1. The molecule has 0 saturated heterocycles. The Labute approximate surface area is 49.1 Å². The lowest BCUT2D eigenvalue weighted by atomic mass is 10.00. The van der Waals surface area contributed by atoms with Crippen LogP contribution in [0.1, 0.15) is 25.7 Å². The first kappa shape index (κ1) is 4.54. The fourth-order valence-corrected chi connectivity index (χ4v) is 2.00. The van der Waals surface area contributed by atoms with Gasteiger partial charge in [-0.15, -0.1) is 0 Å². The van der Waals surface area contributed by atoms with Crippen LogP contribution in [-0.4, -0.2) is 5.78 Å². The molecule has 0 heterocycles. The number of carbonyl (C=O) groups excluding carboxylic acids is 1. The van der Waals surface area contributed by atoms with Crippen LogP contribution >= 0.6 is 0 Å². The summed E-state index contributed by atoms with van der Waals surface area (Å²) < 4.78 is 0. The summed E-state index contributed by atoms with van der Waals surface area (Å²) in [6.45, 7) is 0. The molecule has 0 radical (unpaired) electrons. The quantitative estimate of drug-likeness (QED) is 0.460. The largest absolute Gasteiger partial charge is 0.299 e. The summed E-state index contributed by atoms with van der Waals surface area (Å²) in [5.74, 6) is 1.84. The summed E-state index contributed by atoms with van der Waals surface area (Å²) in [7, 11) is 0. The van der Waals surface area contributed by atoms with Crippen molar-refractivity contribution in [2.45, 2.75) is 25.7 Å². The van der Waals surface area contributed by atoms with Crippen LogP contribution < -0.4 is 0 Å². The zero-order chi connectivity index (χ0) is 5.56. The molecule has 2 aliphatic carbocycles. The van der Waals surface area contributed by atoms with E-state index < -0.39 is 0 Å². The lowest BCUT2D eigenvalue weighted by molar-refractivity contribution is -0.121. The van der Waals surface area contributed by atoms with Crippen molar-refractivity contribution in [2.24, 2.45) is 11.8 Å². The molecule has 2 aliphatic rings. The lowest BCUT2D eigenvalue weighted by Crippen LogP contribution is -2.07. The van der Waals surface area contributed by atoms with Crippen LogP contribution in [0, 0.1) is 11.8 Å². The predicted molar refractivity (Wildman–Crippen MR) is 30.5 cm³/mol. The molecular weight excluding hydrogens is 100 g/mol. The molecule has 0 aliphatic heterocycles. The maximum atomic E-state index is 10.8. The predicted octanol–water partition coefficient (Wildman–Crippen LogP) is 1.38. The Bertz CT molecular complexity index is 128. The van der Waals surface area contributed by atoms with Crippen molar-refractivity contribution in [3.05, 3.63) is 0 Å². The Morgan fingerprint density at radius 2 is 2.25 bits per heavy atom. The van der Waals surface area contributed by atoms with Crippen LogP contribution in [0.3, 0.4) is 0 Å².